The van der Waals surface area contributed by atoms with Crippen molar-refractivity contribution >= 4 is 5.97 Å². The predicted molar refractivity (Wildman–Crippen MR) is 116 cm³/mol. The van der Waals surface area contributed by atoms with Gasteiger partial charge in [-0.15, -0.1) is 0 Å². The molecule has 0 bridgehead atoms. The lowest BCUT2D eigenvalue weighted by molar-refractivity contribution is 0.0600. The minimum atomic E-state index is -0.673. The fourth-order valence-corrected chi connectivity index (χ4v) is 3.35. The zero-order chi connectivity index (χ0) is 20.5. The molecule has 0 unspecified atom stereocenters. The Morgan fingerprint density at radius 1 is 0.897 bits per heavy atom. The summed E-state index contributed by atoms with van der Waals surface area (Å²) in [5.41, 5.74) is 3.60. The molecule has 0 heterocycles. The third-order valence-electron chi connectivity index (χ3n) is 4.98. The number of ether oxygens (including phenoxy) is 1. The zero-order valence-electron chi connectivity index (χ0n) is 16.6. The van der Waals surface area contributed by atoms with Gasteiger partial charge in [-0.2, -0.15) is 0 Å². The Labute approximate surface area is 172 Å². The van der Waals surface area contributed by atoms with Gasteiger partial charge < -0.3 is 9.84 Å². The van der Waals surface area contributed by atoms with Gasteiger partial charge in [0.05, 0.1) is 18.8 Å². The molecular weight excluding hydrogens is 360 g/mol. The van der Waals surface area contributed by atoms with Gasteiger partial charge in [-0.25, -0.2) is 4.79 Å². The van der Waals surface area contributed by atoms with E-state index in [1.165, 1.54) is 12.7 Å². The number of aliphatic hydroxyl groups excluding tert-OH is 1. The van der Waals surface area contributed by atoms with Crippen molar-refractivity contribution in [2.75, 3.05) is 7.11 Å². The molecule has 0 saturated carbocycles. The van der Waals surface area contributed by atoms with Crippen molar-refractivity contribution < 1.29 is 14.6 Å². The number of aliphatic hydroxyl groups is 1. The Morgan fingerprint density at radius 2 is 1.52 bits per heavy atom. The first-order valence-electron chi connectivity index (χ1n) is 9.81. The minimum Gasteiger partial charge on any atom is -0.465 e. The van der Waals surface area contributed by atoms with Gasteiger partial charge in [-0.1, -0.05) is 84.9 Å². The van der Waals surface area contributed by atoms with Crippen molar-refractivity contribution in [1.29, 1.82) is 0 Å². The molecule has 1 N–H and O–H groups in total. The number of carbonyl (C=O) groups excluding carboxylic acids is 1. The molecule has 3 heteroatoms. The maximum atomic E-state index is 11.7. The van der Waals surface area contributed by atoms with Crippen LogP contribution >= 0.6 is 0 Å². The van der Waals surface area contributed by atoms with Gasteiger partial charge in [0.15, 0.2) is 0 Å². The quantitative estimate of drug-likeness (QED) is 0.412. The first-order valence-corrected chi connectivity index (χ1v) is 9.81. The fraction of sp³-hybridized carbons (Fsp3) is 0.192. The molecule has 3 aromatic carbocycles. The predicted octanol–water partition coefficient (Wildman–Crippen LogP) is 5.48. The molecule has 0 amide bonds. The summed E-state index contributed by atoms with van der Waals surface area (Å²) in [4.78, 5) is 11.7. The van der Waals surface area contributed by atoms with Gasteiger partial charge in [0.25, 0.3) is 0 Å². The Hall–Kier alpha value is -3.17. The standard InChI is InChI=1S/C26H26O3/c1-29-26(28)23-18-16-21(17-19-23)24(25(27)22-13-6-3-7-14-22)15-9-8-12-20-10-4-2-5-11-20/h2-7,9-11,13-19,24-25,27H,8,12H2,1H3/b15-9-/t24-,25-/m0/s1. The number of hydrogen-bond donors (Lipinski definition) is 1. The second kappa shape index (κ2) is 10.4. The smallest absolute Gasteiger partial charge is 0.337 e. The highest BCUT2D eigenvalue weighted by Crippen LogP contribution is 2.32. The number of carbonyl (C=O) groups is 1. The third kappa shape index (κ3) is 5.66. The Bertz CT molecular complexity index is 915. The van der Waals surface area contributed by atoms with E-state index in [-0.39, 0.29) is 11.9 Å². The first-order chi connectivity index (χ1) is 14.2. The van der Waals surface area contributed by atoms with E-state index in [1.54, 1.807) is 12.1 Å². The molecule has 148 valence electrons. The molecule has 3 rings (SSSR count). The Kier molecular flexibility index (Phi) is 7.37. The van der Waals surface area contributed by atoms with E-state index < -0.39 is 6.10 Å². The van der Waals surface area contributed by atoms with E-state index in [4.69, 9.17) is 4.74 Å². The monoisotopic (exact) mass is 386 g/mol. The number of esters is 1. The number of benzene rings is 3. The van der Waals surface area contributed by atoms with E-state index in [2.05, 4.69) is 24.3 Å². The van der Waals surface area contributed by atoms with Crippen molar-refractivity contribution in [3.05, 3.63) is 119 Å². The highest BCUT2D eigenvalue weighted by molar-refractivity contribution is 5.89. The van der Waals surface area contributed by atoms with Crippen molar-refractivity contribution in [2.45, 2.75) is 24.9 Å². The summed E-state index contributed by atoms with van der Waals surface area (Å²) in [6, 6.07) is 27.2. The minimum absolute atomic E-state index is 0.208. The molecule has 3 nitrogen and oxygen atoms in total. The number of aryl methyl sites for hydroxylation is 1. The van der Waals surface area contributed by atoms with E-state index in [1.807, 2.05) is 60.7 Å². The first kappa shape index (κ1) is 20.6. The summed E-state index contributed by atoms with van der Waals surface area (Å²) in [6.45, 7) is 0. The lowest BCUT2D eigenvalue weighted by atomic mass is 9.88. The summed E-state index contributed by atoms with van der Waals surface area (Å²) in [6.07, 6.45) is 5.36. The van der Waals surface area contributed by atoms with Crippen LogP contribution in [0.4, 0.5) is 0 Å². The highest BCUT2D eigenvalue weighted by Gasteiger charge is 2.20. The van der Waals surface area contributed by atoms with Gasteiger partial charge in [-0.3, -0.25) is 0 Å². The lowest BCUT2D eigenvalue weighted by Gasteiger charge is -2.21. The van der Waals surface area contributed by atoms with E-state index in [0.717, 1.165) is 24.0 Å². The number of rotatable bonds is 8. The largest absolute Gasteiger partial charge is 0.465 e. The van der Waals surface area contributed by atoms with Crippen molar-refractivity contribution in [3.63, 3.8) is 0 Å². The van der Waals surface area contributed by atoms with Gasteiger partial charge >= 0.3 is 5.97 Å². The number of allylic oxidation sites excluding steroid dienone is 1. The van der Waals surface area contributed by atoms with Crippen molar-refractivity contribution in [3.8, 4) is 0 Å². The second-order valence-electron chi connectivity index (χ2n) is 6.95. The average Bonchev–Trinajstić information content (AvgIpc) is 2.79. The molecule has 0 saturated heterocycles. The maximum Gasteiger partial charge on any atom is 0.337 e. The van der Waals surface area contributed by atoms with E-state index in [0.29, 0.717) is 5.56 Å². The maximum absolute atomic E-state index is 11.7. The lowest BCUT2D eigenvalue weighted by Crippen LogP contribution is -2.10. The molecular formula is C26H26O3. The van der Waals surface area contributed by atoms with E-state index >= 15 is 0 Å². The van der Waals surface area contributed by atoms with Crippen LogP contribution in [0.1, 0.15) is 45.5 Å². The van der Waals surface area contributed by atoms with Crippen LogP contribution in [0.15, 0.2) is 97.1 Å². The molecule has 0 fully saturated rings. The molecule has 0 aliphatic rings. The SMILES string of the molecule is COC(=O)c1ccc([C@H](/C=C\CCc2ccccc2)[C@@H](O)c2ccccc2)cc1. The van der Waals surface area contributed by atoms with Crippen LogP contribution in [0.3, 0.4) is 0 Å². The zero-order valence-corrected chi connectivity index (χ0v) is 16.6. The van der Waals surface area contributed by atoms with Crippen molar-refractivity contribution in [1.82, 2.24) is 0 Å². The van der Waals surface area contributed by atoms with Crippen molar-refractivity contribution in [2.24, 2.45) is 0 Å². The Morgan fingerprint density at radius 3 is 2.14 bits per heavy atom. The van der Waals surface area contributed by atoms with Crippen LogP contribution in [0.5, 0.6) is 0 Å². The number of hydrogen-bond acceptors (Lipinski definition) is 3. The van der Waals surface area contributed by atoms with Crippen LogP contribution < -0.4 is 0 Å². The van der Waals surface area contributed by atoms with Crippen LogP contribution in [0.2, 0.25) is 0 Å². The summed E-state index contributed by atoms with van der Waals surface area (Å²) >= 11 is 0. The normalized spacial score (nSPS) is 13.2. The summed E-state index contributed by atoms with van der Waals surface area (Å²) in [5.74, 6) is -0.574. The van der Waals surface area contributed by atoms with Gasteiger partial charge in [0.1, 0.15) is 0 Å². The number of methoxy groups -OCH3 is 1. The fourth-order valence-electron chi connectivity index (χ4n) is 3.35. The second-order valence-corrected chi connectivity index (χ2v) is 6.95. The highest BCUT2D eigenvalue weighted by atomic mass is 16.5. The molecule has 2 atom stereocenters. The Balaban J connectivity index is 1.79. The molecule has 0 aliphatic carbocycles. The summed E-state index contributed by atoms with van der Waals surface area (Å²) in [5, 5.41) is 11.0. The molecule has 0 aromatic heterocycles. The van der Waals surface area contributed by atoms with Crippen LogP contribution in [-0.2, 0) is 11.2 Å². The van der Waals surface area contributed by atoms with Crippen LogP contribution in [0, 0.1) is 0 Å². The summed E-state index contributed by atoms with van der Waals surface area (Å²) < 4.78 is 4.77. The molecule has 0 aliphatic heterocycles. The summed E-state index contributed by atoms with van der Waals surface area (Å²) in [7, 11) is 1.37. The van der Waals surface area contributed by atoms with Gasteiger partial charge in [0.2, 0.25) is 0 Å². The van der Waals surface area contributed by atoms with E-state index in [9.17, 15) is 9.90 Å². The van der Waals surface area contributed by atoms with Crippen LogP contribution in [0.25, 0.3) is 0 Å². The molecule has 0 radical (unpaired) electrons. The average molecular weight is 386 g/mol. The molecule has 3 aromatic rings. The molecule has 0 spiro atoms. The van der Waals surface area contributed by atoms with Crippen LogP contribution in [-0.4, -0.2) is 18.2 Å². The van der Waals surface area contributed by atoms with Gasteiger partial charge in [0, 0.05) is 5.92 Å². The molecule has 29 heavy (non-hydrogen) atoms. The topological polar surface area (TPSA) is 46.5 Å². The van der Waals surface area contributed by atoms with Gasteiger partial charge in [-0.05, 0) is 41.7 Å². The third-order valence-corrected chi connectivity index (χ3v) is 4.98.